The highest BCUT2D eigenvalue weighted by atomic mass is 16.2. The number of anilines is 2. The van der Waals surface area contributed by atoms with Crippen LogP contribution in [0.25, 0.3) is 22.2 Å². The lowest BCUT2D eigenvalue weighted by Crippen LogP contribution is -2.37. The minimum Gasteiger partial charge on any atom is -0.370 e. The Morgan fingerprint density at radius 2 is 2.10 bits per heavy atom. The molecule has 2 aliphatic rings. The third kappa shape index (κ3) is 3.28. The first-order chi connectivity index (χ1) is 15.1. The molecule has 5 rings (SSSR count). The zero-order chi connectivity index (χ0) is 21.5. The van der Waals surface area contributed by atoms with Crippen molar-refractivity contribution in [3.05, 3.63) is 41.6 Å². The van der Waals surface area contributed by atoms with E-state index in [0.29, 0.717) is 33.5 Å². The highest BCUT2D eigenvalue weighted by Crippen LogP contribution is 2.36. The topological polar surface area (TPSA) is 114 Å². The number of nitriles is 1. The van der Waals surface area contributed by atoms with Crippen molar-refractivity contribution in [3.63, 3.8) is 0 Å². The lowest BCUT2D eigenvalue weighted by Gasteiger charge is -2.34. The van der Waals surface area contributed by atoms with Gasteiger partial charge >= 0.3 is 0 Å². The number of rotatable bonds is 5. The molecule has 2 aromatic heterocycles. The normalized spacial score (nSPS) is 15.3. The van der Waals surface area contributed by atoms with Gasteiger partial charge in [-0.1, -0.05) is 12.1 Å². The van der Waals surface area contributed by atoms with E-state index in [1.807, 2.05) is 24.3 Å². The van der Waals surface area contributed by atoms with Crippen LogP contribution in [0.1, 0.15) is 35.2 Å². The molecule has 0 atom stereocenters. The van der Waals surface area contributed by atoms with Crippen molar-refractivity contribution < 1.29 is 9.59 Å². The van der Waals surface area contributed by atoms with Crippen LogP contribution in [-0.4, -0.2) is 41.9 Å². The number of hydrogen-bond donors (Lipinski definition) is 3. The van der Waals surface area contributed by atoms with E-state index in [2.05, 4.69) is 31.6 Å². The van der Waals surface area contributed by atoms with Crippen LogP contribution in [0.5, 0.6) is 0 Å². The number of carbonyl (C=O) groups is 2. The molecule has 8 heteroatoms. The lowest BCUT2D eigenvalue weighted by molar-refractivity contribution is -0.117. The predicted molar refractivity (Wildman–Crippen MR) is 118 cm³/mol. The Bertz CT molecular complexity index is 1250. The van der Waals surface area contributed by atoms with E-state index in [0.717, 1.165) is 43.6 Å². The second-order valence-corrected chi connectivity index (χ2v) is 7.99. The number of aromatic nitrogens is 2. The molecule has 1 aliphatic heterocycles. The molecule has 1 saturated heterocycles. The molecule has 0 spiro atoms. The largest absolute Gasteiger partial charge is 0.370 e. The number of aromatic amines is 1. The molecule has 0 bridgehead atoms. The molecule has 2 amide bonds. The van der Waals surface area contributed by atoms with Crippen LogP contribution < -0.4 is 15.5 Å². The van der Waals surface area contributed by atoms with Gasteiger partial charge in [-0.2, -0.15) is 5.26 Å². The van der Waals surface area contributed by atoms with Crippen LogP contribution in [0, 0.1) is 17.2 Å². The maximum atomic E-state index is 12.4. The van der Waals surface area contributed by atoms with Crippen molar-refractivity contribution >= 4 is 34.2 Å². The quantitative estimate of drug-likeness (QED) is 0.594. The third-order valence-electron chi connectivity index (χ3n) is 5.97. The molecule has 3 heterocycles. The molecular formula is C23H22N6O2. The maximum absolute atomic E-state index is 12.4. The maximum Gasteiger partial charge on any atom is 0.253 e. The Balaban J connectivity index is 1.66. The Morgan fingerprint density at radius 1 is 1.29 bits per heavy atom. The summed E-state index contributed by atoms with van der Waals surface area (Å²) in [6, 6.07) is 9.99. The molecule has 3 aromatic rings. The first-order valence-electron chi connectivity index (χ1n) is 10.4. The van der Waals surface area contributed by atoms with E-state index in [4.69, 9.17) is 0 Å². The van der Waals surface area contributed by atoms with Crippen LogP contribution >= 0.6 is 0 Å². The SMILES string of the molecule is CNC(=O)c1cnc(NC(=O)C2CC2)c2[nH]c(-c3cccc(N4CCC4)c3C#N)cc12. The van der Waals surface area contributed by atoms with E-state index >= 15 is 0 Å². The van der Waals surface area contributed by atoms with Gasteiger partial charge in [0.1, 0.15) is 6.07 Å². The summed E-state index contributed by atoms with van der Waals surface area (Å²) in [7, 11) is 1.56. The zero-order valence-corrected chi connectivity index (χ0v) is 17.2. The highest BCUT2D eigenvalue weighted by molar-refractivity contribution is 6.11. The van der Waals surface area contributed by atoms with Crippen molar-refractivity contribution in [2.75, 3.05) is 30.4 Å². The monoisotopic (exact) mass is 414 g/mol. The van der Waals surface area contributed by atoms with Crippen molar-refractivity contribution in [3.8, 4) is 17.3 Å². The summed E-state index contributed by atoms with van der Waals surface area (Å²) in [6.07, 6.45) is 4.36. The van der Waals surface area contributed by atoms with E-state index in [9.17, 15) is 14.9 Å². The summed E-state index contributed by atoms with van der Waals surface area (Å²) in [6.45, 7) is 1.87. The van der Waals surface area contributed by atoms with Crippen molar-refractivity contribution in [2.24, 2.45) is 5.92 Å². The molecule has 1 aromatic carbocycles. The van der Waals surface area contributed by atoms with Gasteiger partial charge in [-0.25, -0.2) is 4.98 Å². The lowest BCUT2D eigenvalue weighted by atomic mass is 10.0. The first kappa shape index (κ1) is 19.1. The fourth-order valence-electron chi connectivity index (χ4n) is 3.94. The minimum atomic E-state index is -0.266. The summed E-state index contributed by atoms with van der Waals surface area (Å²) in [5.74, 6) is 0.0969. The Labute approximate surface area is 179 Å². The number of pyridine rings is 1. The highest BCUT2D eigenvalue weighted by Gasteiger charge is 2.30. The van der Waals surface area contributed by atoms with Gasteiger partial charge in [-0.3, -0.25) is 9.59 Å². The van der Waals surface area contributed by atoms with E-state index in [-0.39, 0.29) is 17.7 Å². The molecule has 31 heavy (non-hydrogen) atoms. The molecule has 0 unspecified atom stereocenters. The van der Waals surface area contributed by atoms with E-state index < -0.39 is 0 Å². The number of carbonyl (C=O) groups excluding carboxylic acids is 2. The van der Waals surface area contributed by atoms with Gasteiger partial charge in [0, 0.05) is 48.9 Å². The van der Waals surface area contributed by atoms with Gasteiger partial charge in [0.15, 0.2) is 5.82 Å². The fourth-order valence-corrected chi connectivity index (χ4v) is 3.94. The average molecular weight is 414 g/mol. The van der Waals surface area contributed by atoms with Crippen molar-refractivity contribution in [1.29, 1.82) is 5.26 Å². The van der Waals surface area contributed by atoms with Gasteiger partial charge in [-0.05, 0) is 31.4 Å². The Morgan fingerprint density at radius 3 is 2.74 bits per heavy atom. The summed E-state index contributed by atoms with van der Waals surface area (Å²) in [5.41, 5.74) is 3.94. The first-order valence-corrected chi connectivity index (χ1v) is 10.4. The van der Waals surface area contributed by atoms with Crippen LogP contribution in [0.3, 0.4) is 0 Å². The van der Waals surface area contributed by atoms with Gasteiger partial charge in [0.25, 0.3) is 5.91 Å². The van der Waals surface area contributed by atoms with E-state index in [1.165, 1.54) is 6.20 Å². The number of H-pyrrole nitrogens is 1. The van der Waals surface area contributed by atoms with Gasteiger partial charge in [-0.15, -0.1) is 0 Å². The number of nitrogens with one attached hydrogen (secondary N) is 3. The van der Waals surface area contributed by atoms with Gasteiger partial charge in [0.05, 0.1) is 22.3 Å². The molecule has 156 valence electrons. The van der Waals surface area contributed by atoms with Crippen molar-refractivity contribution in [1.82, 2.24) is 15.3 Å². The number of hydrogen-bond acceptors (Lipinski definition) is 5. The molecule has 2 fully saturated rings. The van der Waals surface area contributed by atoms with Crippen LogP contribution in [0.4, 0.5) is 11.5 Å². The number of nitrogens with zero attached hydrogens (tertiary/aromatic N) is 3. The molecule has 0 radical (unpaired) electrons. The second-order valence-electron chi connectivity index (χ2n) is 7.99. The summed E-state index contributed by atoms with van der Waals surface area (Å²) < 4.78 is 0. The number of amides is 2. The summed E-state index contributed by atoms with van der Waals surface area (Å²) in [5, 5.41) is 16.1. The van der Waals surface area contributed by atoms with Gasteiger partial charge in [0.2, 0.25) is 5.91 Å². The van der Waals surface area contributed by atoms with Gasteiger partial charge < -0.3 is 20.5 Å². The molecule has 1 aliphatic carbocycles. The smallest absolute Gasteiger partial charge is 0.253 e. The number of fused-ring (bicyclic) bond motifs is 1. The second kappa shape index (κ2) is 7.43. The number of benzene rings is 1. The molecule has 1 saturated carbocycles. The summed E-state index contributed by atoms with van der Waals surface area (Å²) >= 11 is 0. The summed E-state index contributed by atoms with van der Waals surface area (Å²) in [4.78, 5) is 34.6. The predicted octanol–water partition coefficient (Wildman–Crippen LogP) is 3.02. The van der Waals surface area contributed by atoms with Crippen LogP contribution in [0.2, 0.25) is 0 Å². The standard InChI is InChI=1S/C23H22N6O2/c1-25-23(31)17-12-26-21(28-22(30)13-6-7-13)20-15(17)10-18(27-20)14-4-2-5-19(16(14)11-24)29-8-3-9-29/h2,4-5,10,12-13,27H,3,6-9H2,1H3,(H,25,31)(H,26,28,30). The minimum absolute atomic E-state index is 0.0308. The van der Waals surface area contributed by atoms with Crippen molar-refractivity contribution in [2.45, 2.75) is 19.3 Å². The van der Waals surface area contributed by atoms with Crippen LogP contribution in [0.15, 0.2) is 30.5 Å². The molecule has 8 nitrogen and oxygen atoms in total. The van der Waals surface area contributed by atoms with Crippen LogP contribution in [-0.2, 0) is 4.79 Å². The van der Waals surface area contributed by atoms with E-state index in [1.54, 1.807) is 7.05 Å². The molecule has 3 N–H and O–H groups in total. The Hall–Kier alpha value is -3.86. The fraction of sp³-hybridized carbons (Fsp3) is 0.304. The third-order valence-corrected chi connectivity index (χ3v) is 5.97. The average Bonchev–Trinajstić information content (AvgIpc) is 3.50. The molecular weight excluding hydrogens is 392 g/mol. The Kier molecular flexibility index (Phi) is 4.59. The zero-order valence-electron chi connectivity index (χ0n) is 17.2.